The van der Waals surface area contributed by atoms with Crippen molar-refractivity contribution in [1.82, 2.24) is 5.43 Å². The van der Waals surface area contributed by atoms with Gasteiger partial charge in [0, 0.05) is 24.2 Å². The molecular formula is C20H21N3O3. The van der Waals surface area contributed by atoms with E-state index in [0.29, 0.717) is 12.1 Å². The molecule has 0 aromatic heterocycles. The van der Waals surface area contributed by atoms with Gasteiger partial charge >= 0.3 is 0 Å². The van der Waals surface area contributed by atoms with Crippen LogP contribution >= 0.6 is 0 Å². The molecule has 3 rings (SSSR count). The molecule has 134 valence electrons. The lowest BCUT2D eigenvalue weighted by molar-refractivity contribution is -0.126. The molecule has 6 nitrogen and oxygen atoms in total. The van der Waals surface area contributed by atoms with Crippen molar-refractivity contribution in [1.29, 1.82) is 0 Å². The van der Waals surface area contributed by atoms with Gasteiger partial charge in [-0.1, -0.05) is 31.2 Å². The van der Waals surface area contributed by atoms with Crippen LogP contribution in [0, 0.1) is 5.92 Å². The van der Waals surface area contributed by atoms with E-state index >= 15 is 0 Å². The van der Waals surface area contributed by atoms with E-state index in [9.17, 15) is 14.7 Å². The van der Waals surface area contributed by atoms with Crippen LogP contribution in [0.25, 0.3) is 0 Å². The van der Waals surface area contributed by atoms with Crippen molar-refractivity contribution < 1.29 is 14.7 Å². The van der Waals surface area contributed by atoms with Gasteiger partial charge in [0.2, 0.25) is 11.8 Å². The quantitative estimate of drug-likeness (QED) is 0.641. The SMILES string of the molecule is CCc1ccc(N2C[C@@H](C(=O)N/N=C/c3ccccc3O)CC2=O)cc1. The maximum absolute atomic E-state index is 12.3. The number of nitrogens with one attached hydrogen (secondary N) is 1. The van der Waals surface area contributed by atoms with Crippen LogP contribution in [0.15, 0.2) is 53.6 Å². The van der Waals surface area contributed by atoms with Crippen molar-refractivity contribution in [2.75, 3.05) is 11.4 Å². The highest BCUT2D eigenvalue weighted by atomic mass is 16.3. The van der Waals surface area contributed by atoms with Crippen LogP contribution in [-0.4, -0.2) is 29.7 Å². The van der Waals surface area contributed by atoms with Gasteiger partial charge in [0.15, 0.2) is 0 Å². The lowest BCUT2D eigenvalue weighted by Gasteiger charge is -2.16. The second-order valence-corrected chi connectivity index (χ2v) is 6.22. The second-order valence-electron chi connectivity index (χ2n) is 6.22. The average Bonchev–Trinajstić information content (AvgIpc) is 3.05. The summed E-state index contributed by atoms with van der Waals surface area (Å²) in [4.78, 5) is 26.2. The molecule has 0 radical (unpaired) electrons. The molecule has 0 aliphatic carbocycles. The van der Waals surface area contributed by atoms with E-state index in [-0.39, 0.29) is 24.0 Å². The summed E-state index contributed by atoms with van der Waals surface area (Å²) in [6.07, 6.45) is 2.48. The molecule has 1 aliphatic heterocycles. The van der Waals surface area contributed by atoms with E-state index in [4.69, 9.17) is 0 Å². The first-order chi connectivity index (χ1) is 12.6. The summed E-state index contributed by atoms with van der Waals surface area (Å²) in [7, 11) is 0. The van der Waals surface area contributed by atoms with Crippen LogP contribution < -0.4 is 10.3 Å². The summed E-state index contributed by atoms with van der Waals surface area (Å²) in [5.74, 6) is -0.741. The van der Waals surface area contributed by atoms with Gasteiger partial charge < -0.3 is 10.0 Å². The topological polar surface area (TPSA) is 82.0 Å². The van der Waals surface area contributed by atoms with Crippen LogP contribution in [0.2, 0.25) is 0 Å². The van der Waals surface area contributed by atoms with E-state index < -0.39 is 5.92 Å². The molecule has 0 bridgehead atoms. The summed E-state index contributed by atoms with van der Waals surface area (Å²) < 4.78 is 0. The van der Waals surface area contributed by atoms with Gasteiger partial charge in [-0.25, -0.2) is 5.43 Å². The lowest BCUT2D eigenvalue weighted by atomic mass is 10.1. The molecule has 2 amide bonds. The number of aromatic hydroxyl groups is 1. The Hall–Kier alpha value is -3.15. The number of amides is 2. The zero-order chi connectivity index (χ0) is 18.5. The van der Waals surface area contributed by atoms with Crippen molar-refractivity contribution in [3.8, 4) is 5.75 Å². The van der Waals surface area contributed by atoms with Crippen LogP contribution in [0.5, 0.6) is 5.75 Å². The van der Waals surface area contributed by atoms with Crippen LogP contribution in [0.3, 0.4) is 0 Å². The number of para-hydroxylation sites is 1. The van der Waals surface area contributed by atoms with Crippen molar-refractivity contribution >= 4 is 23.7 Å². The van der Waals surface area contributed by atoms with Gasteiger partial charge in [0.05, 0.1) is 12.1 Å². The fraction of sp³-hybridized carbons (Fsp3) is 0.250. The summed E-state index contributed by atoms with van der Waals surface area (Å²) in [6, 6.07) is 14.5. The van der Waals surface area contributed by atoms with E-state index in [1.807, 2.05) is 24.3 Å². The summed E-state index contributed by atoms with van der Waals surface area (Å²) >= 11 is 0. The smallest absolute Gasteiger partial charge is 0.245 e. The normalized spacial score (nSPS) is 17.0. The number of hydrogen-bond donors (Lipinski definition) is 2. The fourth-order valence-corrected chi connectivity index (χ4v) is 2.90. The molecule has 2 aromatic carbocycles. The first-order valence-corrected chi connectivity index (χ1v) is 8.58. The second kappa shape index (κ2) is 7.82. The monoisotopic (exact) mass is 351 g/mol. The average molecular weight is 351 g/mol. The third-order valence-corrected chi connectivity index (χ3v) is 4.47. The molecule has 0 saturated carbocycles. The molecule has 1 saturated heterocycles. The molecule has 2 N–H and O–H groups in total. The Balaban J connectivity index is 1.60. The molecule has 6 heteroatoms. The third kappa shape index (κ3) is 3.91. The molecule has 1 heterocycles. The van der Waals surface area contributed by atoms with Gasteiger partial charge in [-0.05, 0) is 36.2 Å². The number of nitrogens with zero attached hydrogens (tertiary/aromatic N) is 2. The molecule has 1 aliphatic rings. The fourth-order valence-electron chi connectivity index (χ4n) is 2.90. The Bertz CT molecular complexity index is 830. The van der Waals surface area contributed by atoms with E-state index in [1.54, 1.807) is 29.2 Å². The first kappa shape index (κ1) is 17.7. The van der Waals surface area contributed by atoms with E-state index in [0.717, 1.165) is 12.1 Å². The number of benzene rings is 2. The number of carbonyl (C=O) groups excluding carboxylic acids is 2. The third-order valence-electron chi connectivity index (χ3n) is 4.47. The molecule has 1 atom stereocenters. The Labute approximate surface area is 152 Å². The van der Waals surface area contributed by atoms with Gasteiger partial charge in [-0.3, -0.25) is 9.59 Å². The highest BCUT2D eigenvalue weighted by Crippen LogP contribution is 2.25. The predicted molar refractivity (Wildman–Crippen MR) is 100 cm³/mol. The minimum atomic E-state index is -0.449. The van der Waals surface area contributed by atoms with Crippen LogP contribution in [0.4, 0.5) is 5.69 Å². The number of rotatable bonds is 5. The minimum Gasteiger partial charge on any atom is -0.507 e. The van der Waals surface area contributed by atoms with Crippen LogP contribution in [-0.2, 0) is 16.0 Å². The van der Waals surface area contributed by atoms with Crippen molar-refractivity contribution in [3.63, 3.8) is 0 Å². The van der Waals surface area contributed by atoms with E-state index in [2.05, 4.69) is 17.5 Å². The molecule has 0 spiro atoms. The Morgan fingerprint density at radius 2 is 2.00 bits per heavy atom. The predicted octanol–water partition coefficient (Wildman–Crippen LogP) is 2.46. The van der Waals surface area contributed by atoms with E-state index in [1.165, 1.54) is 11.8 Å². The molecule has 26 heavy (non-hydrogen) atoms. The Morgan fingerprint density at radius 3 is 2.69 bits per heavy atom. The number of aryl methyl sites for hydroxylation is 1. The number of phenols is 1. The number of hydrogen-bond acceptors (Lipinski definition) is 4. The molecular weight excluding hydrogens is 330 g/mol. The number of anilines is 1. The maximum atomic E-state index is 12.3. The van der Waals surface area contributed by atoms with Crippen molar-refractivity contribution in [2.24, 2.45) is 11.0 Å². The highest BCUT2D eigenvalue weighted by Gasteiger charge is 2.35. The zero-order valence-corrected chi connectivity index (χ0v) is 14.6. The molecule has 0 unspecified atom stereocenters. The van der Waals surface area contributed by atoms with Gasteiger partial charge in [0.1, 0.15) is 5.75 Å². The minimum absolute atomic E-state index is 0.0703. The first-order valence-electron chi connectivity index (χ1n) is 8.58. The van der Waals surface area contributed by atoms with Crippen molar-refractivity contribution in [2.45, 2.75) is 19.8 Å². The van der Waals surface area contributed by atoms with Gasteiger partial charge in [-0.2, -0.15) is 5.10 Å². The van der Waals surface area contributed by atoms with Crippen molar-refractivity contribution in [3.05, 3.63) is 59.7 Å². The Kier molecular flexibility index (Phi) is 5.31. The summed E-state index contributed by atoms with van der Waals surface area (Å²) in [5.41, 5.74) is 4.97. The molecule has 1 fully saturated rings. The Morgan fingerprint density at radius 1 is 1.27 bits per heavy atom. The number of hydrazone groups is 1. The summed E-state index contributed by atoms with van der Waals surface area (Å²) in [6.45, 7) is 2.41. The number of phenolic OH excluding ortho intramolecular Hbond substituents is 1. The summed E-state index contributed by atoms with van der Waals surface area (Å²) in [5, 5.41) is 13.5. The standard InChI is InChI=1S/C20H21N3O3/c1-2-14-7-9-17(10-8-14)23-13-16(11-19(23)25)20(26)22-21-12-15-5-3-4-6-18(15)24/h3-10,12,16,24H,2,11,13H2,1H3,(H,22,26)/b21-12+/t16-/m0/s1. The van der Waals surface area contributed by atoms with Crippen LogP contribution in [0.1, 0.15) is 24.5 Å². The lowest BCUT2D eigenvalue weighted by Crippen LogP contribution is -2.30. The highest BCUT2D eigenvalue weighted by molar-refractivity contribution is 6.00. The molecule has 2 aromatic rings. The largest absolute Gasteiger partial charge is 0.507 e. The maximum Gasteiger partial charge on any atom is 0.245 e. The van der Waals surface area contributed by atoms with Gasteiger partial charge in [0.25, 0.3) is 0 Å². The van der Waals surface area contributed by atoms with Gasteiger partial charge in [-0.15, -0.1) is 0 Å². The number of carbonyl (C=O) groups is 2. The zero-order valence-electron chi connectivity index (χ0n) is 14.6.